The molecule has 17 heavy (non-hydrogen) atoms. The molecular formula is C13H9ClN2O. The molecule has 0 aliphatic carbocycles. The van der Waals surface area contributed by atoms with Crippen LogP contribution < -0.4 is 0 Å². The summed E-state index contributed by atoms with van der Waals surface area (Å²) in [6, 6.07) is 5.98. The number of rotatable bonds is 1. The molecule has 3 nitrogen and oxygen atoms in total. The molecule has 2 heterocycles. The van der Waals surface area contributed by atoms with Crippen LogP contribution in [0.2, 0.25) is 5.02 Å². The third-order valence-electron chi connectivity index (χ3n) is 2.62. The summed E-state index contributed by atoms with van der Waals surface area (Å²) in [5.41, 5.74) is 2.73. The van der Waals surface area contributed by atoms with Gasteiger partial charge in [0.2, 0.25) is 5.89 Å². The minimum Gasteiger partial charge on any atom is -0.444 e. The van der Waals surface area contributed by atoms with Crippen molar-refractivity contribution in [1.29, 1.82) is 0 Å². The van der Waals surface area contributed by atoms with E-state index in [0.717, 1.165) is 22.0 Å². The van der Waals surface area contributed by atoms with Gasteiger partial charge >= 0.3 is 0 Å². The second kappa shape index (κ2) is 3.86. The minimum atomic E-state index is 0.492. The SMILES string of the molecule is Cc1ccc2ncc(-c3ncco3)c(Cl)c2c1. The van der Waals surface area contributed by atoms with Crippen LogP contribution >= 0.6 is 11.6 Å². The Morgan fingerprint density at radius 2 is 2.12 bits per heavy atom. The first-order valence-corrected chi connectivity index (χ1v) is 5.58. The molecule has 0 N–H and O–H groups in total. The molecular weight excluding hydrogens is 236 g/mol. The number of aromatic nitrogens is 2. The summed E-state index contributed by atoms with van der Waals surface area (Å²) in [4.78, 5) is 8.44. The van der Waals surface area contributed by atoms with Crippen molar-refractivity contribution in [3.8, 4) is 11.5 Å². The van der Waals surface area contributed by atoms with Gasteiger partial charge in [-0.3, -0.25) is 4.98 Å². The summed E-state index contributed by atoms with van der Waals surface area (Å²) >= 11 is 6.36. The van der Waals surface area contributed by atoms with Crippen LogP contribution in [0.1, 0.15) is 5.56 Å². The summed E-state index contributed by atoms with van der Waals surface area (Å²) in [5, 5.41) is 1.54. The monoisotopic (exact) mass is 244 g/mol. The third kappa shape index (κ3) is 1.68. The third-order valence-corrected chi connectivity index (χ3v) is 3.03. The van der Waals surface area contributed by atoms with Crippen molar-refractivity contribution in [3.63, 3.8) is 0 Å². The molecule has 0 amide bonds. The predicted molar refractivity (Wildman–Crippen MR) is 67.0 cm³/mol. The van der Waals surface area contributed by atoms with Crippen LogP contribution in [0.15, 0.2) is 41.3 Å². The van der Waals surface area contributed by atoms with Crippen molar-refractivity contribution >= 4 is 22.5 Å². The second-order valence-electron chi connectivity index (χ2n) is 3.84. The molecule has 0 bridgehead atoms. The number of benzene rings is 1. The van der Waals surface area contributed by atoms with Gasteiger partial charge in [0.1, 0.15) is 6.26 Å². The van der Waals surface area contributed by atoms with E-state index < -0.39 is 0 Å². The van der Waals surface area contributed by atoms with Crippen LogP contribution in [0.3, 0.4) is 0 Å². The number of pyridine rings is 1. The van der Waals surface area contributed by atoms with Crippen molar-refractivity contribution < 1.29 is 4.42 Å². The largest absolute Gasteiger partial charge is 0.444 e. The molecule has 0 saturated carbocycles. The number of halogens is 1. The topological polar surface area (TPSA) is 38.9 Å². The van der Waals surface area contributed by atoms with E-state index in [4.69, 9.17) is 16.0 Å². The van der Waals surface area contributed by atoms with Crippen LogP contribution in [0.4, 0.5) is 0 Å². The van der Waals surface area contributed by atoms with E-state index in [1.165, 1.54) is 6.26 Å². The lowest BCUT2D eigenvalue weighted by Crippen LogP contribution is -1.86. The number of hydrogen-bond acceptors (Lipinski definition) is 3. The van der Waals surface area contributed by atoms with Gasteiger partial charge in [-0.05, 0) is 19.1 Å². The van der Waals surface area contributed by atoms with Gasteiger partial charge in [-0.2, -0.15) is 0 Å². The highest BCUT2D eigenvalue weighted by Crippen LogP contribution is 2.32. The molecule has 84 valence electrons. The Balaban J connectivity index is 2.32. The predicted octanol–water partition coefficient (Wildman–Crippen LogP) is 3.85. The number of nitrogens with zero attached hydrogens (tertiary/aromatic N) is 2. The summed E-state index contributed by atoms with van der Waals surface area (Å²) in [7, 11) is 0. The van der Waals surface area contributed by atoms with Gasteiger partial charge in [-0.25, -0.2) is 4.98 Å². The Bertz CT molecular complexity index is 677. The normalized spacial score (nSPS) is 10.9. The number of aryl methyl sites for hydroxylation is 1. The molecule has 0 spiro atoms. The highest BCUT2D eigenvalue weighted by molar-refractivity contribution is 6.37. The van der Waals surface area contributed by atoms with Gasteiger partial charge in [0, 0.05) is 11.6 Å². The molecule has 3 rings (SSSR count). The standard InChI is InChI=1S/C13H9ClN2O/c1-8-2-3-11-9(6-8)12(14)10(7-16-11)13-15-4-5-17-13/h2-7H,1H3. The highest BCUT2D eigenvalue weighted by atomic mass is 35.5. The zero-order valence-corrected chi connectivity index (χ0v) is 9.90. The quantitative estimate of drug-likeness (QED) is 0.653. The Morgan fingerprint density at radius 1 is 1.24 bits per heavy atom. The maximum Gasteiger partial charge on any atom is 0.228 e. The maximum absolute atomic E-state index is 6.36. The van der Waals surface area contributed by atoms with Crippen molar-refractivity contribution in [2.45, 2.75) is 6.92 Å². The van der Waals surface area contributed by atoms with Crippen LogP contribution in [0.5, 0.6) is 0 Å². The molecule has 0 radical (unpaired) electrons. The minimum absolute atomic E-state index is 0.492. The first-order chi connectivity index (χ1) is 8.25. The summed E-state index contributed by atoms with van der Waals surface area (Å²) in [6.07, 6.45) is 4.80. The average Bonchev–Trinajstić information content (AvgIpc) is 2.84. The van der Waals surface area contributed by atoms with Gasteiger partial charge in [0.15, 0.2) is 0 Å². The van der Waals surface area contributed by atoms with E-state index in [9.17, 15) is 0 Å². The summed E-state index contributed by atoms with van der Waals surface area (Å²) in [6.45, 7) is 2.02. The molecule has 4 heteroatoms. The summed E-state index contributed by atoms with van der Waals surface area (Å²) in [5.74, 6) is 0.492. The number of hydrogen-bond donors (Lipinski definition) is 0. The Kier molecular flexibility index (Phi) is 2.34. The molecule has 3 aromatic rings. The van der Waals surface area contributed by atoms with Crippen molar-refractivity contribution in [3.05, 3.63) is 47.4 Å². The number of fused-ring (bicyclic) bond motifs is 1. The molecule has 0 saturated heterocycles. The zero-order chi connectivity index (χ0) is 11.8. The van der Waals surface area contributed by atoms with Crippen molar-refractivity contribution in [1.82, 2.24) is 9.97 Å². The van der Waals surface area contributed by atoms with Crippen LogP contribution in [-0.4, -0.2) is 9.97 Å². The molecule has 1 aromatic carbocycles. The van der Waals surface area contributed by atoms with E-state index in [-0.39, 0.29) is 0 Å². The van der Waals surface area contributed by atoms with Gasteiger partial charge < -0.3 is 4.42 Å². The first kappa shape index (κ1) is 10.3. The molecule has 0 fully saturated rings. The second-order valence-corrected chi connectivity index (χ2v) is 4.22. The first-order valence-electron chi connectivity index (χ1n) is 5.20. The van der Waals surface area contributed by atoms with E-state index in [2.05, 4.69) is 9.97 Å². The molecule has 0 unspecified atom stereocenters. The van der Waals surface area contributed by atoms with Crippen LogP contribution in [-0.2, 0) is 0 Å². The zero-order valence-electron chi connectivity index (χ0n) is 9.14. The van der Waals surface area contributed by atoms with E-state index in [0.29, 0.717) is 10.9 Å². The van der Waals surface area contributed by atoms with E-state index in [1.54, 1.807) is 12.4 Å². The Morgan fingerprint density at radius 3 is 2.88 bits per heavy atom. The Hall–Kier alpha value is -1.87. The fraction of sp³-hybridized carbons (Fsp3) is 0.0769. The lowest BCUT2D eigenvalue weighted by Gasteiger charge is -2.04. The van der Waals surface area contributed by atoms with Crippen LogP contribution in [0.25, 0.3) is 22.4 Å². The average molecular weight is 245 g/mol. The Labute approximate surface area is 103 Å². The van der Waals surface area contributed by atoms with E-state index >= 15 is 0 Å². The van der Waals surface area contributed by atoms with Crippen molar-refractivity contribution in [2.75, 3.05) is 0 Å². The van der Waals surface area contributed by atoms with Crippen LogP contribution in [0, 0.1) is 6.92 Å². The molecule has 0 aliphatic heterocycles. The lowest BCUT2D eigenvalue weighted by atomic mass is 10.1. The molecule has 2 aromatic heterocycles. The van der Waals surface area contributed by atoms with Crippen molar-refractivity contribution in [2.24, 2.45) is 0 Å². The highest BCUT2D eigenvalue weighted by Gasteiger charge is 2.11. The number of oxazole rings is 1. The fourth-order valence-corrected chi connectivity index (χ4v) is 2.06. The summed E-state index contributed by atoms with van der Waals surface area (Å²) < 4.78 is 5.24. The van der Waals surface area contributed by atoms with E-state index in [1.807, 2.05) is 25.1 Å². The lowest BCUT2D eigenvalue weighted by molar-refractivity contribution is 0.574. The molecule has 0 aliphatic rings. The maximum atomic E-state index is 6.36. The smallest absolute Gasteiger partial charge is 0.228 e. The fourth-order valence-electron chi connectivity index (χ4n) is 1.78. The van der Waals surface area contributed by atoms with Gasteiger partial charge in [-0.15, -0.1) is 0 Å². The van der Waals surface area contributed by atoms with Gasteiger partial charge in [0.05, 0.1) is 22.3 Å². The molecule has 0 atom stereocenters. The van der Waals surface area contributed by atoms with Gasteiger partial charge in [0.25, 0.3) is 0 Å². The van der Waals surface area contributed by atoms with Gasteiger partial charge in [-0.1, -0.05) is 23.2 Å².